The summed E-state index contributed by atoms with van der Waals surface area (Å²) in [5.41, 5.74) is 5.40. The second-order valence-corrected chi connectivity index (χ2v) is 6.62. The summed E-state index contributed by atoms with van der Waals surface area (Å²) in [5.74, 6) is 0. The quantitative estimate of drug-likeness (QED) is 0.738. The Morgan fingerprint density at radius 3 is 2.19 bits per heavy atom. The molecule has 2 aromatic carbocycles. The third-order valence-electron chi connectivity index (χ3n) is 4.02. The molecule has 21 heavy (non-hydrogen) atoms. The summed E-state index contributed by atoms with van der Waals surface area (Å²) >= 11 is 1.78. The highest BCUT2D eigenvalue weighted by molar-refractivity contribution is 7.98. The van der Waals surface area contributed by atoms with Gasteiger partial charge in [-0.3, -0.25) is 0 Å². The lowest BCUT2D eigenvalue weighted by atomic mass is 9.98. The number of thioether (sulfide) groups is 1. The van der Waals surface area contributed by atoms with E-state index in [0.717, 1.165) is 0 Å². The van der Waals surface area contributed by atoms with Crippen molar-refractivity contribution in [2.45, 2.75) is 44.7 Å². The molecular formula is C19H25NS. The van der Waals surface area contributed by atoms with E-state index >= 15 is 0 Å². The lowest BCUT2D eigenvalue weighted by Gasteiger charge is -2.22. The molecule has 0 aromatic heterocycles. The molecule has 0 spiro atoms. The molecule has 2 atom stereocenters. The van der Waals surface area contributed by atoms with Crippen molar-refractivity contribution in [3.05, 3.63) is 64.7 Å². The lowest BCUT2D eigenvalue weighted by Crippen LogP contribution is -2.23. The number of nitrogens with one attached hydrogen (secondary N) is 1. The average Bonchev–Trinajstić information content (AvgIpc) is 2.49. The molecule has 0 aliphatic heterocycles. The van der Waals surface area contributed by atoms with Gasteiger partial charge in [-0.1, -0.05) is 35.9 Å². The van der Waals surface area contributed by atoms with Crippen LogP contribution in [-0.2, 0) is 0 Å². The maximum Gasteiger partial charge on any atom is 0.0300 e. The fourth-order valence-corrected chi connectivity index (χ4v) is 3.09. The highest BCUT2D eigenvalue weighted by Crippen LogP contribution is 2.24. The van der Waals surface area contributed by atoms with Gasteiger partial charge in [0.2, 0.25) is 0 Å². The van der Waals surface area contributed by atoms with Gasteiger partial charge in [-0.25, -0.2) is 0 Å². The second-order valence-electron chi connectivity index (χ2n) is 5.74. The van der Waals surface area contributed by atoms with Gasteiger partial charge in [0.15, 0.2) is 0 Å². The van der Waals surface area contributed by atoms with Crippen LogP contribution in [0.25, 0.3) is 0 Å². The Labute approximate surface area is 133 Å². The fourth-order valence-electron chi connectivity index (χ4n) is 2.68. The van der Waals surface area contributed by atoms with Crippen LogP contribution in [0.3, 0.4) is 0 Å². The predicted molar refractivity (Wildman–Crippen MR) is 94.1 cm³/mol. The van der Waals surface area contributed by atoms with Crippen LogP contribution in [0.2, 0.25) is 0 Å². The molecule has 112 valence electrons. The minimum absolute atomic E-state index is 0.343. The molecule has 0 aliphatic rings. The smallest absolute Gasteiger partial charge is 0.0300 e. The first kappa shape index (κ1) is 16.1. The van der Waals surface area contributed by atoms with Gasteiger partial charge < -0.3 is 5.32 Å². The van der Waals surface area contributed by atoms with E-state index in [2.05, 4.69) is 81.7 Å². The fraction of sp³-hybridized carbons (Fsp3) is 0.368. The molecule has 0 heterocycles. The van der Waals surface area contributed by atoms with E-state index in [0.29, 0.717) is 12.1 Å². The first-order valence-electron chi connectivity index (χ1n) is 7.48. The van der Waals surface area contributed by atoms with Gasteiger partial charge in [-0.05, 0) is 62.8 Å². The summed E-state index contributed by atoms with van der Waals surface area (Å²) in [6.07, 6.45) is 2.11. The summed E-state index contributed by atoms with van der Waals surface area (Å²) in [6, 6.07) is 16.2. The summed E-state index contributed by atoms with van der Waals surface area (Å²) in [6.45, 7) is 8.81. The summed E-state index contributed by atoms with van der Waals surface area (Å²) < 4.78 is 0. The first-order valence-corrected chi connectivity index (χ1v) is 8.71. The van der Waals surface area contributed by atoms with E-state index in [1.54, 1.807) is 11.8 Å². The van der Waals surface area contributed by atoms with Crippen LogP contribution >= 0.6 is 11.8 Å². The molecular weight excluding hydrogens is 274 g/mol. The summed E-state index contributed by atoms with van der Waals surface area (Å²) in [5, 5.41) is 3.71. The van der Waals surface area contributed by atoms with Crippen LogP contribution in [-0.4, -0.2) is 6.26 Å². The highest BCUT2D eigenvalue weighted by atomic mass is 32.2. The summed E-state index contributed by atoms with van der Waals surface area (Å²) in [7, 11) is 0. The molecule has 1 nitrogen and oxygen atoms in total. The normalized spacial score (nSPS) is 14.0. The largest absolute Gasteiger partial charge is 0.304 e. The topological polar surface area (TPSA) is 12.0 Å². The Bertz CT molecular complexity index is 589. The van der Waals surface area contributed by atoms with Crippen LogP contribution in [0.4, 0.5) is 0 Å². The minimum Gasteiger partial charge on any atom is -0.304 e. The zero-order chi connectivity index (χ0) is 15.4. The third-order valence-corrected chi connectivity index (χ3v) is 4.76. The summed E-state index contributed by atoms with van der Waals surface area (Å²) in [4.78, 5) is 1.31. The van der Waals surface area contributed by atoms with Crippen molar-refractivity contribution < 1.29 is 0 Å². The zero-order valence-corrected chi connectivity index (χ0v) is 14.4. The maximum absolute atomic E-state index is 3.71. The lowest BCUT2D eigenvalue weighted by molar-refractivity contribution is 0.493. The monoisotopic (exact) mass is 299 g/mol. The van der Waals surface area contributed by atoms with Gasteiger partial charge in [0.05, 0.1) is 0 Å². The molecule has 0 amide bonds. The van der Waals surface area contributed by atoms with Crippen molar-refractivity contribution >= 4 is 11.8 Å². The van der Waals surface area contributed by atoms with Gasteiger partial charge >= 0.3 is 0 Å². The van der Waals surface area contributed by atoms with Crippen molar-refractivity contribution in [1.29, 1.82) is 0 Å². The van der Waals surface area contributed by atoms with Crippen LogP contribution in [0, 0.1) is 13.8 Å². The maximum atomic E-state index is 3.71. The Morgan fingerprint density at radius 2 is 1.57 bits per heavy atom. The SMILES string of the molecule is CSc1ccc(C(C)NC(C)c2cc(C)ccc2C)cc1. The highest BCUT2D eigenvalue weighted by Gasteiger charge is 2.13. The minimum atomic E-state index is 0.343. The van der Waals surface area contributed by atoms with Crippen LogP contribution in [0.5, 0.6) is 0 Å². The van der Waals surface area contributed by atoms with E-state index in [4.69, 9.17) is 0 Å². The molecule has 2 rings (SSSR count). The van der Waals surface area contributed by atoms with E-state index in [9.17, 15) is 0 Å². The third kappa shape index (κ3) is 4.12. The van der Waals surface area contributed by atoms with Crippen LogP contribution < -0.4 is 5.32 Å². The number of aryl methyl sites for hydroxylation is 2. The van der Waals surface area contributed by atoms with Crippen molar-refractivity contribution in [2.24, 2.45) is 0 Å². The van der Waals surface area contributed by atoms with Crippen molar-refractivity contribution in [3.63, 3.8) is 0 Å². The predicted octanol–water partition coefficient (Wildman–Crippen LogP) is 5.44. The van der Waals surface area contributed by atoms with Gasteiger partial charge in [0.25, 0.3) is 0 Å². The molecule has 0 fully saturated rings. The number of hydrogen-bond acceptors (Lipinski definition) is 2. The Balaban J connectivity index is 2.10. The molecule has 0 saturated carbocycles. The van der Waals surface area contributed by atoms with E-state index in [1.807, 2.05) is 0 Å². The molecule has 2 aromatic rings. The first-order chi connectivity index (χ1) is 10.0. The number of rotatable bonds is 5. The number of benzene rings is 2. The van der Waals surface area contributed by atoms with Gasteiger partial charge in [0.1, 0.15) is 0 Å². The van der Waals surface area contributed by atoms with Crippen molar-refractivity contribution in [2.75, 3.05) is 6.26 Å². The van der Waals surface area contributed by atoms with Crippen LogP contribution in [0.15, 0.2) is 47.4 Å². The second kappa shape index (κ2) is 7.15. The molecule has 2 heteroatoms. The molecule has 0 bridgehead atoms. The van der Waals surface area contributed by atoms with Crippen molar-refractivity contribution in [3.8, 4) is 0 Å². The zero-order valence-electron chi connectivity index (χ0n) is 13.6. The van der Waals surface area contributed by atoms with Crippen LogP contribution in [0.1, 0.15) is 48.2 Å². The Morgan fingerprint density at radius 1 is 0.905 bits per heavy atom. The van der Waals surface area contributed by atoms with Crippen molar-refractivity contribution in [1.82, 2.24) is 5.32 Å². The van der Waals surface area contributed by atoms with Gasteiger partial charge in [-0.2, -0.15) is 0 Å². The standard InChI is InChI=1S/C19H25NS/c1-13-6-7-14(2)19(12-13)16(4)20-15(3)17-8-10-18(21-5)11-9-17/h6-12,15-16,20H,1-5H3. The molecule has 0 saturated heterocycles. The Kier molecular flexibility index (Phi) is 5.49. The van der Waals surface area contributed by atoms with Gasteiger partial charge in [0, 0.05) is 17.0 Å². The molecule has 0 aliphatic carbocycles. The van der Waals surface area contributed by atoms with Gasteiger partial charge in [-0.15, -0.1) is 11.8 Å². The average molecular weight is 299 g/mol. The number of hydrogen-bond donors (Lipinski definition) is 1. The van der Waals surface area contributed by atoms with E-state index in [-0.39, 0.29) is 0 Å². The Hall–Kier alpha value is -1.25. The molecule has 2 unspecified atom stereocenters. The van der Waals surface area contributed by atoms with E-state index < -0.39 is 0 Å². The van der Waals surface area contributed by atoms with E-state index in [1.165, 1.54) is 27.1 Å². The molecule has 1 N–H and O–H groups in total. The molecule has 0 radical (unpaired) electrons.